The number of likely N-dealkylation sites (tertiary alicyclic amines) is 1. The molecule has 1 rings (SSSR count). The zero-order valence-electron chi connectivity index (χ0n) is 11.3. The van der Waals surface area contributed by atoms with E-state index >= 15 is 0 Å². The summed E-state index contributed by atoms with van der Waals surface area (Å²) in [6.45, 7) is 8.53. The van der Waals surface area contributed by atoms with E-state index in [4.69, 9.17) is 5.84 Å². The van der Waals surface area contributed by atoms with Crippen LogP contribution >= 0.6 is 0 Å². The minimum atomic E-state index is -0.0921. The summed E-state index contributed by atoms with van der Waals surface area (Å²) in [7, 11) is 2.07. The van der Waals surface area contributed by atoms with Crippen molar-refractivity contribution in [2.24, 2.45) is 11.8 Å². The smallest absolute Gasteiger partial charge is 0.238 e. The summed E-state index contributed by atoms with van der Waals surface area (Å²) in [4.78, 5) is 16.2. The van der Waals surface area contributed by atoms with Gasteiger partial charge in [-0.05, 0) is 39.9 Å². The standard InChI is InChI=1S/C12H26N4O/c1-10(12(17)14-13)11(2)15(3)8-9-16-6-4-5-7-16/h10-11H,4-9,13H2,1-3H3,(H,14,17). The van der Waals surface area contributed by atoms with E-state index in [0.717, 1.165) is 13.1 Å². The van der Waals surface area contributed by atoms with Crippen molar-refractivity contribution in [1.82, 2.24) is 15.2 Å². The van der Waals surface area contributed by atoms with Gasteiger partial charge in [-0.25, -0.2) is 5.84 Å². The highest BCUT2D eigenvalue weighted by atomic mass is 16.2. The Labute approximate surface area is 104 Å². The number of nitrogens with two attached hydrogens (primary N) is 1. The average Bonchev–Trinajstić information content (AvgIpc) is 2.86. The van der Waals surface area contributed by atoms with E-state index in [9.17, 15) is 4.79 Å². The van der Waals surface area contributed by atoms with Crippen LogP contribution in [0.2, 0.25) is 0 Å². The molecule has 0 aromatic heterocycles. The van der Waals surface area contributed by atoms with Gasteiger partial charge < -0.3 is 9.80 Å². The maximum absolute atomic E-state index is 11.4. The van der Waals surface area contributed by atoms with Crippen LogP contribution in [0, 0.1) is 5.92 Å². The van der Waals surface area contributed by atoms with E-state index in [1.807, 2.05) is 6.92 Å². The van der Waals surface area contributed by atoms with Gasteiger partial charge in [-0.3, -0.25) is 10.2 Å². The molecule has 0 saturated carbocycles. The van der Waals surface area contributed by atoms with Crippen LogP contribution in [0.5, 0.6) is 0 Å². The summed E-state index contributed by atoms with van der Waals surface area (Å²) in [5.74, 6) is 4.99. The number of hydrazine groups is 1. The monoisotopic (exact) mass is 242 g/mol. The zero-order valence-corrected chi connectivity index (χ0v) is 11.3. The van der Waals surface area contributed by atoms with Gasteiger partial charge in [0.15, 0.2) is 0 Å². The van der Waals surface area contributed by atoms with Crippen molar-refractivity contribution in [2.75, 3.05) is 33.2 Å². The maximum atomic E-state index is 11.4. The number of nitrogens with zero attached hydrogens (tertiary/aromatic N) is 2. The minimum absolute atomic E-state index is 0.0800. The molecule has 1 aliphatic heterocycles. The number of likely N-dealkylation sites (N-methyl/N-ethyl adjacent to an activating group) is 1. The van der Waals surface area contributed by atoms with Gasteiger partial charge in [-0.2, -0.15) is 0 Å². The first kappa shape index (κ1) is 14.4. The number of hydrogen-bond acceptors (Lipinski definition) is 4. The molecule has 0 spiro atoms. The Morgan fingerprint density at radius 2 is 2.00 bits per heavy atom. The van der Waals surface area contributed by atoms with Crippen LogP contribution in [-0.4, -0.2) is 55.0 Å². The molecule has 1 amide bonds. The fourth-order valence-electron chi connectivity index (χ4n) is 2.24. The topological polar surface area (TPSA) is 61.6 Å². The van der Waals surface area contributed by atoms with Crippen LogP contribution in [-0.2, 0) is 4.79 Å². The summed E-state index contributed by atoms with van der Waals surface area (Å²) in [6, 6.07) is 0.209. The highest BCUT2D eigenvalue weighted by molar-refractivity contribution is 5.78. The van der Waals surface area contributed by atoms with Gasteiger partial charge in [0, 0.05) is 19.1 Å². The Kier molecular flexibility index (Phi) is 5.88. The lowest BCUT2D eigenvalue weighted by molar-refractivity contribution is -0.126. The van der Waals surface area contributed by atoms with Gasteiger partial charge in [0.2, 0.25) is 5.91 Å². The van der Waals surface area contributed by atoms with Crippen LogP contribution in [0.15, 0.2) is 0 Å². The molecule has 100 valence electrons. The van der Waals surface area contributed by atoms with E-state index in [1.54, 1.807) is 0 Å². The van der Waals surface area contributed by atoms with Gasteiger partial charge in [-0.1, -0.05) is 6.92 Å². The molecule has 17 heavy (non-hydrogen) atoms. The first-order valence-corrected chi connectivity index (χ1v) is 6.49. The molecule has 1 aliphatic rings. The van der Waals surface area contributed by atoms with Crippen molar-refractivity contribution < 1.29 is 4.79 Å². The molecule has 5 nitrogen and oxygen atoms in total. The Balaban J connectivity index is 2.29. The molecule has 1 fully saturated rings. The van der Waals surface area contributed by atoms with Crippen LogP contribution in [0.1, 0.15) is 26.7 Å². The predicted molar refractivity (Wildman–Crippen MR) is 69.3 cm³/mol. The van der Waals surface area contributed by atoms with Gasteiger partial charge in [0.1, 0.15) is 0 Å². The number of rotatable bonds is 6. The molecule has 0 bridgehead atoms. The van der Waals surface area contributed by atoms with Gasteiger partial charge in [-0.15, -0.1) is 0 Å². The lowest BCUT2D eigenvalue weighted by Gasteiger charge is -2.30. The van der Waals surface area contributed by atoms with Crippen molar-refractivity contribution in [3.05, 3.63) is 0 Å². The molecular weight excluding hydrogens is 216 g/mol. The fourth-order valence-corrected chi connectivity index (χ4v) is 2.24. The molecule has 0 radical (unpaired) electrons. The van der Waals surface area contributed by atoms with Crippen LogP contribution in [0.25, 0.3) is 0 Å². The summed E-state index contributed by atoms with van der Waals surface area (Å²) in [5.41, 5.74) is 2.22. The van der Waals surface area contributed by atoms with Crippen molar-refractivity contribution in [3.8, 4) is 0 Å². The van der Waals surface area contributed by atoms with E-state index in [2.05, 4.69) is 29.2 Å². The van der Waals surface area contributed by atoms with Crippen molar-refractivity contribution in [1.29, 1.82) is 0 Å². The summed E-state index contributed by atoms with van der Waals surface area (Å²) in [6.07, 6.45) is 2.65. The molecule has 0 aliphatic carbocycles. The van der Waals surface area contributed by atoms with Gasteiger partial charge in [0.25, 0.3) is 0 Å². The third-order valence-corrected chi connectivity index (χ3v) is 3.94. The van der Waals surface area contributed by atoms with Crippen molar-refractivity contribution >= 4 is 5.91 Å². The molecule has 0 aromatic rings. The van der Waals surface area contributed by atoms with Crippen molar-refractivity contribution in [2.45, 2.75) is 32.7 Å². The minimum Gasteiger partial charge on any atom is -0.302 e. The highest BCUT2D eigenvalue weighted by Gasteiger charge is 2.23. The van der Waals surface area contributed by atoms with E-state index in [-0.39, 0.29) is 17.9 Å². The Bertz CT molecular complexity index is 241. The molecule has 1 heterocycles. The van der Waals surface area contributed by atoms with E-state index in [0.29, 0.717) is 0 Å². The third kappa shape index (κ3) is 4.26. The van der Waals surface area contributed by atoms with Crippen molar-refractivity contribution in [3.63, 3.8) is 0 Å². The number of hydrogen-bond donors (Lipinski definition) is 2. The lowest BCUT2D eigenvalue weighted by Crippen LogP contribution is -2.46. The lowest BCUT2D eigenvalue weighted by atomic mass is 10.0. The predicted octanol–water partition coefficient (Wildman–Crippen LogP) is 0.0285. The molecule has 0 aromatic carbocycles. The molecular formula is C12H26N4O. The molecule has 1 saturated heterocycles. The molecule has 2 atom stereocenters. The van der Waals surface area contributed by atoms with Crippen LogP contribution in [0.4, 0.5) is 0 Å². The SMILES string of the molecule is CC(C(=O)NN)C(C)N(C)CCN1CCCC1. The quantitative estimate of drug-likeness (QED) is 0.392. The highest BCUT2D eigenvalue weighted by Crippen LogP contribution is 2.11. The second-order valence-electron chi connectivity index (χ2n) is 5.07. The summed E-state index contributed by atoms with van der Waals surface area (Å²) < 4.78 is 0. The average molecular weight is 242 g/mol. The first-order chi connectivity index (χ1) is 8.06. The second-order valence-corrected chi connectivity index (χ2v) is 5.07. The number of nitrogens with one attached hydrogen (secondary N) is 1. The van der Waals surface area contributed by atoms with Crippen LogP contribution in [0.3, 0.4) is 0 Å². The number of carbonyl (C=O) groups excluding carboxylic acids is 1. The fraction of sp³-hybridized carbons (Fsp3) is 0.917. The third-order valence-electron chi connectivity index (χ3n) is 3.94. The second kappa shape index (κ2) is 6.93. The normalized spacial score (nSPS) is 20.5. The Morgan fingerprint density at radius 1 is 1.41 bits per heavy atom. The first-order valence-electron chi connectivity index (χ1n) is 6.49. The zero-order chi connectivity index (χ0) is 12.8. The van der Waals surface area contributed by atoms with Gasteiger partial charge >= 0.3 is 0 Å². The number of carbonyl (C=O) groups is 1. The van der Waals surface area contributed by atoms with Gasteiger partial charge in [0.05, 0.1) is 5.92 Å². The molecule has 3 N–H and O–H groups in total. The summed E-state index contributed by atoms with van der Waals surface area (Å²) >= 11 is 0. The summed E-state index contributed by atoms with van der Waals surface area (Å²) in [5, 5.41) is 0. The van der Waals surface area contributed by atoms with Crippen LogP contribution < -0.4 is 11.3 Å². The largest absolute Gasteiger partial charge is 0.302 e. The Hall–Kier alpha value is -0.650. The van der Waals surface area contributed by atoms with E-state index in [1.165, 1.54) is 25.9 Å². The molecule has 2 unspecified atom stereocenters. The van der Waals surface area contributed by atoms with E-state index < -0.39 is 0 Å². The number of amides is 1. The Morgan fingerprint density at radius 3 is 2.53 bits per heavy atom. The molecule has 5 heteroatoms. The maximum Gasteiger partial charge on any atom is 0.238 e.